The van der Waals surface area contributed by atoms with Gasteiger partial charge in [-0.1, -0.05) is 36.4 Å². The Labute approximate surface area is 135 Å². The van der Waals surface area contributed by atoms with Gasteiger partial charge in [-0.05, 0) is 48.5 Å². The van der Waals surface area contributed by atoms with Gasteiger partial charge in [-0.3, -0.25) is 4.79 Å². The molecule has 0 saturated carbocycles. The highest BCUT2D eigenvalue weighted by molar-refractivity contribution is 5.92. The molecule has 0 spiro atoms. The molecule has 0 radical (unpaired) electrons. The summed E-state index contributed by atoms with van der Waals surface area (Å²) < 4.78 is 5.58. The van der Waals surface area contributed by atoms with E-state index in [9.17, 15) is 4.79 Å². The van der Waals surface area contributed by atoms with Gasteiger partial charge in [-0.15, -0.1) is 0 Å². The Bertz CT molecular complexity index is 689. The number of carbonyl (C=O) groups excluding carboxylic acids is 1. The van der Waals surface area contributed by atoms with Gasteiger partial charge >= 0.3 is 0 Å². The Balaban J connectivity index is 0.000000174. The van der Waals surface area contributed by atoms with Crippen LogP contribution in [0.4, 0.5) is 5.69 Å². The number of nitrogen functional groups attached to an aromatic ring is 1. The zero-order valence-electron chi connectivity index (χ0n) is 12.6. The Morgan fingerprint density at radius 2 is 1.13 bits per heavy atom. The van der Waals surface area contributed by atoms with Crippen molar-refractivity contribution in [2.24, 2.45) is 5.73 Å². The molecule has 0 fully saturated rings. The van der Waals surface area contributed by atoms with Crippen LogP contribution in [0.1, 0.15) is 10.4 Å². The number of carbonyl (C=O) groups is 1. The lowest BCUT2D eigenvalue weighted by Gasteiger charge is -2.03. The average molecular weight is 306 g/mol. The van der Waals surface area contributed by atoms with Crippen molar-refractivity contribution >= 4 is 11.6 Å². The molecule has 0 aliphatic heterocycles. The Hall–Kier alpha value is -3.27. The second kappa shape index (κ2) is 8.24. The van der Waals surface area contributed by atoms with Crippen LogP contribution >= 0.6 is 0 Å². The summed E-state index contributed by atoms with van der Waals surface area (Å²) >= 11 is 0. The molecular weight excluding hydrogens is 288 g/mol. The highest BCUT2D eigenvalue weighted by atomic mass is 16.5. The van der Waals surface area contributed by atoms with E-state index in [4.69, 9.17) is 16.2 Å². The van der Waals surface area contributed by atoms with Crippen molar-refractivity contribution in [3.8, 4) is 11.5 Å². The number of primary amides is 1. The lowest BCUT2D eigenvalue weighted by Crippen LogP contribution is -2.10. The summed E-state index contributed by atoms with van der Waals surface area (Å²) in [5.41, 5.74) is 11.5. The van der Waals surface area contributed by atoms with E-state index in [0.717, 1.165) is 11.5 Å². The minimum Gasteiger partial charge on any atom is -0.457 e. The molecular formula is C19H18N2O2. The van der Waals surface area contributed by atoms with E-state index in [1.165, 1.54) is 0 Å². The quantitative estimate of drug-likeness (QED) is 0.721. The van der Waals surface area contributed by atoms with E-state index >= 15 is 0 Å². The largest absolute Gasteiger partial charge is 0.457 e. The van der Waals surface area contributed by atoms with Crippen LogP contribution in [-0.2, 0) is 0 Å². The molecule has 0 bridgehead atoms. The minimum absolute atomic E-state index is 0.431. The number of para-hydroxylation sites is 2. The Kier molecular flexibility index (Phi) is 5.77. The van der Waals surface area contributed by atoms with E-state index in [0.29, 0.717) is 11.3 Å². The number of anilines is 1. The molecule has 1 amide bonds. The lowest BCUT2D eigenvalue weighted by molar-refractivity contribution is 0.100. The molecule has 0 aromatic heterocycles. The molecule has 0 unspecified atom stereocenters. The van der Waals surface area contributed by atoms with Crippen LogP contribution in [0.15, 0.2) is 84.9 Å². The fourth-order valence-corrected chi connectivity index (χ4v) is 1.76. The third-order valence-corrected chi connectivity index (χ3v) is 2.92. The maximum Gasteiger partial charge on any atom is 0.248 e. The van der Waals surface area contributed by atoms with Crippen LogP contribution < -0.4 is 16.2 Å². The van der Waals surface area contributed by atoms with E-state index in [1.807, 2.05) is 60.7 Å². The van der Waals surface area contributed by atoms with Crippen LogP contribution in [-0.4, -0.2) is 5.91 Å². The number of nitrogens with two attached hydrogens (primary N) is 2. The van der Waals surface area contributed by atoms with E-state index in [2.05, 4.69) is 0 Å². The molecule has 3 aromatic carbocycles. The number of rotatable bonds is 3. The molecule has 116 valence electrons. The van der Waals surface area contributed by atoms with Crippen LogP contribution in [0.25, 0.3) is 0 Å². The van der Waals surface area contributed by atoms with Crippen LogP contribution in [0.3, 0.4) is 0 Å². The highest BCUT2D eigenvalue weighted by Crippen LogP contribution is 2.19. The maximum absolute atomic E-state index is 10.5. The summed E-state index contributed by atoms with van der Waals surface area (Å²) in [6, 6.07) is 26.0. The fraction of sp³-hybridized carbons (Fsp3) is 0. The Morgan fingerprint density at radius 1 is 0.696 bits per heavy atom. The van der Waals surface area contributed by atoms with Gasteiger partial charge in [0.2, 0.25) is 5.91 Å². The van der Waals surface area contributed by atoms with Crippen molar-refractivity contribution in [3.05, 3.63) is 90.5 Å². The number of ether oxygens (including phenoxy) is 1. The smallest absolute Gasteiger partial charge is 0.248 e. The molecule has 0 saturated heterocycles. The molecule has 0 atom stereocenters. The normalized spacial score (nSPS) is 9.39. The van der Waals surface area contributed by atoms with Gasteiger partial charge in [0.05, 0.1) is 0 Å². The summed E-state index contributed by atoms with van der Waals surface area (Å²) in [5.74, 6) is 1.31. The third-order valence-electron chi connectivity index (χ3n) is 2.92. The summed E-state index contributed by atoms with van der Waals surface area (Å²) in [7, 11) is 0. The molecule has 0 aliphatic carbocycles. The van der Waals surface area contributed by atoms with Gasteiger partial charge in [-0.2, -0.15) is 0 Å². The summed E-state index contributed by atoms with van der Waals surface area (Å²) in [6.45, 7) is 0. The SMILES string of the molecule is NC(=O)c1ccc(N)cc1.c1ccc(Oc2ccccc2)cc1. The van der Waals surface area contributed by atoms with Crippen molar-refractivity contribution in [3.63, 3.8) is 0 Å². The topological polar surface area (TPSA) is 78.3 Å². The van der Waals surface area contributed by atoms with Crippen molar-refractivity contribution in [2.75, 3.05) is 5.73 Å². The Morgan fingerprint density at radius 3 is 1.52 bits per heavy atom. The summed E-state index contributed by atoms with van der Waals surface area (Å²) in [5, 5.41) is 0. The van der Waals surface area contributed by atoms with Gasteiger partial charge in [0.15, 0.2) is 0 Å². The summed E-state index contributed by atoms with van der Waals surface area (Å²) in [4.78, 5) is 10.5. The minimum atomic E-state index is -0.431. The first-order chi connectivity index (χ1) is 11.1. The zero-order valence-corrected chi connectivity index (χ0v) is 12.6. The molecule has 3 rings (SSSR count). The van der Waals surface area contributed by atoms with Gasteiger partial charge in [0.25, 0.3) is 0 Å². The van der Waals surface area contributed by atoms with Gasteiger partial charge in [0, 0.05) is 11.3 Å². The van der Waals surface area contributed by atoms with Crippen molar-refractivity contribution in [2.45, 2.75) is 0 Å². The van der Waals surface area contributed by atoms with Gasteiger partial charge < -0.3 is 16.2 Å². The van der Waals surface area contributed by atoms with Gasteiger partial charge in [-0.25, -0.2) is 0 Å². The van der Waals surface area contributed by atoms with E-state index in [-0.39, 0.29) is 0 Å². The van der Waals surface area contributed by atoms with E-state index < -0.39 is 5.91 Å². The van der Waals surface area contributed by atoms with Crippen molar-refractivity contribution in [1.82, 2.24) is 0 Å². The average Bonchev–Trinajstić information content (AvgIpc) is 2.58. The summed E-state index contributed by atoms with van der Waals surface area (Å²) in [6.07, 6.45) is 0. The molecule has 4 nitrogen and oxygen atoms in total. The molecule has 4 heteroatoms. The van der Waals surface area contributed by atoms with Crippen LogP contribution in [0, 0.1) is 0 Å². The highest BCUT2D eigenvalue weighted by Gasteiger charge is 1.96. The molecule has 3 aromatic rings. The van der Waals surface area contributed by atoms with E-state index in [1.54, 1.807) is 24.3 Å². The van der Waals surface area contributed by atoms with Crippen molar-refractivity contribution < 1.29 is 9.53 Å². The predicted molar refractivity (Wildman–Crippen MR) is 92.3 cm³/mol. The van der Waals surface area contributed by atoms with Crippen LogP contribution in [0.2, 0.25) is 0 Å². The van der Waals surface area contributed by atoms with Gasteiger partial charge in [0.1, 0.15) is 11.5 Å². The number of hydrogen-bond donors (Lipinski definition) is 2. The third kappa shape index (κ3) is 5.55. The number of amides is 1. The number of hydrogen-bond acceptors (Lipinski definition) is 3. The molecule has 0 aliphatic rings. The zero-order chi connectivity index (χ0) is 16.5. The van der Waals surface area contributed by atoms with Crippen molar-refractivity contribution in [1.29, 1.82) is 0 Å². The first-order valence-electron chi connectivity index (χ1n) is 7.08. The first-order valence-corrected chi connectivity index (χ1v) is 7.08. The molecule has 23 heavy (non-hydrogen) atoms. The fourth-order valence-electron chi connectivity index (χ4n) is 1.76. The molecule has 0 heterocycles. The second-order valence-corrected chi connectivity index (χ2v) is 4.71. The van der Waals surface area contributed by atoms with Crippen LogP contribution in [0.5, 0.6) is 11.5 Å². The first kappa shape index (κ1) is 16.1. The number of benzene rings is 3. The lowest BCUT2D eigenvalue weighted by atomic mass is 10.2. The monoisotopic (exact) mass is 306 g/mol. The maximum atomic E-state index is 10.5. The second-order valence-electron chi connectivity index (χ2n) is 4.71. The molecule has 4 N–H and O–H groups in total. The standard InChI is InChI=1S/C12H10O.C7H8N2O/c1-3-7-11(8-4-1)13-12-9-5-2-6-10-12;8-6-3-1-5(2-4-6)7(9)10/h1-10H;1-4H,8H2,(H2,9,10). The predicted octanol–water partition coefficient (Wildman–Crippen LogP) is 3.85.